The minimum absolute atomic E-state index is 0.0769. The molecule has 1 N–H and O–H groups in total. The normalized spacial score (nSPS) is 16.9. The smallest absolute Gasteiger partial charge is 0.322 e. The van der Waals surface area contributed by atoms with Crippen LogP contribution >= 0.6 is 11.6 Å². The molecule has 2 heterocycles. The summed E-state index contributed by atoms with van der Waals surface area (Å²) in [6, 6.07) is 12.5. The van der Waals surface area contributed by atoms with Crippen molar-refractivity contribution < 1.29 is 27.5 Å². The summed E-state index contributed by atoms with van der Waals surface area (Å²) < 4.78 is 38.3. The predicted molar refractivity (Wildman–Crippen MR) is 117 cm³/mol. The largest absolute Gasteiger partial charge is 0.486 e. The van der Waals surface area contributed by atoms with Gasteiger partial charge in [-0.2, -0.15) is 4.31 Å². The second-order valence-electron chi connectivity index (χ2n) is 7.38. The summed E-state index contributed by atoms with van der Waals surface area (Å²) >= 11 is 6.28. The first-order valence-electron chi connectivity index (χ1n) is 9.96. The van der Waals surface area contributed by atoms with Gasteiger partial charge in [0.1, 0.15) is 29.9 Å². The van der Waals surface area contributed by atoms with E-state index in [0.29, 0.717) is 23.8 Å². The molecular weight excluding hydrogens is 456 g/mol. The van der Waals surface area contributed by atoms with Gasteiger partial charge in [-0.1, -0.05) is 29.8 Å². The van der Waals surface area contributed by atoms with E-state index < -0.39 is 22.0 Å². The van der Waals surface area contributed by atoms with Crippen molar-refractivity contribution in [2.24, 2.45) is 0 Å². The molecule has 1 aliphatic rings. The molecule has 1 fully saturated rings. The summed E-state index contributed by atoms with van der Waals surface area (Å²) in [6.07, 6.45) is 0.776. The number of benzene rings is 2. The van der Waals surface area contributed by atoms with Crippen molar-refractivity contribution in [2.75, 3.05) is 6.54 Å². The van der Waals surface area contributed by atoms with Gasteiger partial charge >= 0.3 is 5.97 Å². The number of rotatable bonds is 7. The van der Waals surface area contributed by atoms with Gasteiger partial charge in [0.25, 0.3) is 0 Å². The summed E-state index contributed by atoms with van der Waals surface area (Å²) in [5.41, 5.74) is 1.44. The quantitative estimate of drug-likeness (QED) is 0.546. The lowest BCUT2D eigenvalue weighted by molar-refractivity contribution is -0.140. The van der Waals surface area contributed by atoms with E-state index in [9.17, 15) is 18.3 Å². The van der Waals surface area contributed by atoms with Crippen molar-refractivity contribution in [1.29, 1.82) is 0 Å². The molecule has 0 aliphatic carbocycles. The number of carboxylic acid groups (broad SMARTS) is 1. The van der Waals surface area contributed by atoms with Crippen LogP contribution < -0.4 is 4.74 Å². The fraction of sp³-hybridized carbons (Fsp3) is 0.273. The van der Waals surface area contributed by atoms with E-state index in [2.05, 4.69) is 4.98 Å². The van der Waals surface area contributed by atoms with Crippen molar-refractivity contribution >= 4 is 27.6 Å². The standard InChI is InChI=1S/C22H21ClN2O6S/c1-14-18(24-21(31-14)15-6-3-2-4-7-15)13-30-20-10-9-16(12-17(20)23)32(28,29)25-11-5-8-19(25)22(26)27/h2-4,6-7,9-10,12,19H,5,8,11,13H2,1H3,(H,26,27). The molecule has 168 valence electrons. The average molecular weight is 477 g/mol. The summed E-state index contributed by atoms with van der Waals surface area (Å²) in [5.74, 6) is 0.209. The van der Waals surface area contributed by atoms with Crippen LogP contribution in [-0.4, -0.2) is 41.4 Å². The third-order valence-corrected chi connectivity index (χ3v) is 7.48. The van der Waals surface area contributed by atoms with E-state index in [1.54, 1.807) is 6.92 Å². The van der Waals surface area contributed by atoms with Gasteiger partial charge in [-0.15, -0.1) is 0 Å². The molecule has 1 saturated heterocycles. The molecule has 1 atom stereocenters. The molecule has 1 unspecified atom stereocenters. The molecule has 0 amide bonds. The first kappa shape index (κ1) is 22.3. The van der Waals surface area contributed by atoms with E-state index in [1.165, 1.54) is 18.2 Å². The minimum atomic E-state index is -3.99. The lowest BCUT2D eigenvalue weighted by atomic mass is 10.2. The monoisotopic (exact) mass is 476 g/mol. The maximum absolute atomic E-state index is 12.9. The molecule has 2 aromatic carbocycles. The highest BCUT2D eigenvalue weighted by Crippen LogP contribution is 2.32. The Labute approximate surface area is 190 Å². The Morgan fingerprint density at radius 2 is 2.03 bits per heavy atom. The van der Waals surface area contributed by atoms with Gasteiger partial charge in [0, 0.05) is 12.1 Å². The van der Waals surface area contributed by atoms with Crippen LogP contribution in [0.3, 0.4) is 0 Å². The van der Waals surface area contributed by atoms with E-state index in [-0.39, 0.29) is 35.2 Å². The SMILES string of the molecule is Cc1oc(-c2ccccc2)nc1COc1ccc(S(=O)(=O)N2CCCC2C(=O)O)cc1Cl. The zero-order valence-electron chi connectivity index (χ0n) is 17.2. The fourth-order valence-corrected chi connectivity index (χ4v) is 5.56. The van der Waals surface area contributed by atoms with Gasteiger partial charge in [0.15, 0.2) is 0 Å². The molecule has 4 rings (SSSR count). The Morgan fingerprint density at radius 1 is 1.28 bits per heavy atom. The Kier molecular flexibility index (Phi) is 6.23. The van der Waals surface area contributed by atoms with E-state index in [1.807, 2.05) is 30.3 Å². The molecule has 0 radical (unpaired) electrons. The topological polar surface area (TPSA) is 110 Å². The lowest BCUT2D eigenvalue weighted by Crippen LogP contribution is -2.40. The van der Waals surface area contributed by atoms with Gasteiger partial charge < -0.3 is 14.3 Å². The van der Waals surface area contributed by atoms with Crippen LogP contribution in [0.5, 0.6) is 5.75 Å². The molecule has 0 saturated carbocycles. The second-order valence-corrected chi connectivity index (χ2v) is 9.68. The summed E-state index contributed by atoms with van der Waals surface area (Å²) in [7, 11) is -3.99. The number of nitrogens with zero attached hydrogens (tertiary/aromatic N) is 2. The van der Waals surface area contributed by atoms with Crippen LogP contribution in [0.15, 0.2) is 57.8 Å². The third-order valence-electron chi connectivity index (χ3n) is 5.28. The molecule has 32 heavy (non-hydrogen) atoms. The van der Waals surface area contributed by atoms with Gasteiger partial charge in [0.2, 0.25) is 15.9 Å². The Morgan fingerprint density at radius 3 is 2.72 bits per heavy atom. The van der Waals surface area contributed by atoms with Crippen molar-refractivity contribution in [1.82, 2.24) is 9.29 Å². The molecule has 3 aromatic rings. The van der Waals surface area contributed by atoms with Crippen LogP contribution in [0, 0.1) is 6.92 Å². The van der Waals surface area contributed by atoms with E-state index in [0.717, 1.165) is 9.87 Å². The number of sulfonamides is 1. The van der Waals surface area contributed by atoms with Crippen LogP contribution in [-0.2, 0) is 21.4 Å². The Hall–Kier alpha value is -2.88. The van der Waals surface area contributed by atoms with Gasteiger partial charge in [-0.3, -0.25) is 4.79 Å². The number of aromatic nitrogens is 1. The fourth-order valence-electron chi connectivity index (χ4n) is 3.58. The van der Waals surface area contributed by atoms with Crippen LogP contribution in [0.2, 0.25) is 5.02 Å². The Bertz CT molecular complexity index is 1240. The Balaban J connectivity index is 1.50. The number of aliphatic carboxylic acids is 1. The maximum Gasteiger partial charge on any atom is 0.322 e. The number of halogens is 1. The molecular formula is C22H21ClN2O6S. The molecule has 10 heteroatoms. The number of aryl methyl sites for hydroxylation is 1. The number of carbonyl (C=O) groups is 1. The van der Waals surface area contributed by atoms with Gasteiger partial charge in [0.05, 0.1) is 9.92 Å². The lowest BCUT2D eigenvalue weighted by Gasteiger charge is -2.21. The number of hydrogen-bond donors (Lipinski definition) is 1. The molecule has 1 aromatic heterocycles. The van der Waals surface area contributed by atoms with Crippen molar-refractivity contribution in [3.63, 3.8) is 0 Å². The van der Waals surface area contributed by atoms with Crippen LogP contribution in [0.25, 0.3) is 11.5 Å². The molecule has 0 spiro atoms. The number of carboxylic acids is 1. The van der Waals surface area contributed by atoms with Crippen molar-refractivity contribution in [2.45, 2.75) is 37.3 Å². The minimum Gasteiger partial charge on any atom is -0.486 e. The number of ether oxygens (including phenoxy) is 1. The summed E-state index contributed by atoms with van der Waals surface area (Å²) in [4.78, 5) is 15.8. The second kappa shape index (κ2) is 8.93. The maximum atomic E-state index is 12.9. The van der Waals surface area contributed by atoms with Crippen LogP contribution in [0.1, 0.15) is 24.3 Å². The van der Waals surface area contributed by atoms with Crippen LogP contribution in [0.4, 0.5) is 0 Å². The highest BCUT2D eigenvalue weighted by Gasteiger charge is 2.39. The number of oxazole rings is 1. The zero-order valence-corrected chi connectivity index (χ0v) is 18.8. The molecule has 0 bridgehead atoms. The molecule has 1 aliphatic heterocycles. The number of hydrogen-bond acceptors (Lipinski definition) is 6. The van der Waals surface area contributed by atoms with Crippen molar-refractivity contribution in [3.8, 4) is 17.2 Å². The zero-order chi connectivity index (χ0) is 22.9. The first-order chi connectivity index (χ1) is 15.3. The predicted octanol–water partition coefficient (Wildman–Crippen LogP) is 4.12. The van der Waals surface area contributed by atoms with E-state index >= 15 is 0 Å². The third kappa shape index (κ3) is 4.36. The summed E-state index contributed by atoms with van der Waals surface area (Å²) in [6.45, 7) is 2.02. The first-order valence-corrected chi connectivity index (χ1v) is 11.8. The summed E-state index contributed by atoms with van der Waals surface area (Å²) in [5, 5.41) is 9.40. The molecule has 8 nitrogen and oxygen atoms in total. The average Bonchev–Trinajstić information content (AvgIpc) is 3.41. The van der Waals surface area contributed by atoms with Gasteiger partial charge in [-0.05, 0) is 50.1 Å². The van der Waals surface area contributed by atoms with Crippen molar-refractivity contribution in [3.05, 3.63) is 65.0 Å². The van der Waals surface area contributed by atoms with E-state index in [4.69, 9.17) is 20.8 Å². The van der Waals surface area contributed by atoms with Gasteiger partial charge in [-0.25, -0.2) is 13.4 Å². The highest BCUT2D eigenvalue weighted by atomic mass is 35.5. The highest BCUT2D eigenvalue weighted by molar-refractivity contribution is 7.89.